The molecule has 0 radical (unpaired) electrons. The number of rotatable bonds is 7. The molecule has 1 saturated heterocycles. The molecule has 0 unspecified atom stereocenters. The van der Waals surface area contributed by atoms with E-state index in [4.69, 9.17) is 18.7 Å². The quantitative estimate of drug-likeness (QED) is 0.717. The fourth-order valence-electron chi connectivity index (χ4n) is 3.11. The molecule has 1 aliphatic rings. The first-order chi connectivity index (χ1) is 13.5. The van der Waals surface area contributed by atoms with Gasteiger partial charge in [-0.25, -0.2) is 0 Å². The van der Waals surface area contributed by atoms with Crippen LogP contribution in [-0.2, 0) is 4.79 Å². The molecular weight excluding hydrogens is 366 g/mol. The maximum Gasteiger partial charge on any atom is 0.261 e. The van der Waals surface area contributed by atoms with Gasteiger partial charge in [-0.15, -0.1) is 0 Å². The van der Waals surface area contributed by atoms with Crippen LogP contribution < -0.4 is 19.1 Å². The van der Waals surface area contributed by atoms with E-state index < -0.39 is 0 Å². The number of amides is 2. The third-order valence-corrected chi connectivity index (χ3v) is 4.53. The molecule has 2 aromatic rings. The third kappa shape index (κ3) is 3.73. The van der Waals surface area contributed by atoms with Gasteiger partial charge in [0.1, 0.15) is 12.4 Å². The fraction of sp³-hybridized carbons (Fsp3) is 0.421. The van der Waals surface area contributed by atoms with E-state index in [1.807, 2.05) is 0 Å². The normalized spacial score (nSPS) is 13.6. The monoisotopic (exact) mass is 389 g/mol. The van der Waals surface area contributed by atoms with E-state index in [1.165, 1.54) is 26.2 Å². The largest absolute Gasteiger partial charge is 0.493 e. The summed E-state index contributed by atoms with van der Waals surface area (Å²) in [6.07, 6.45) is 1.24. The van der Waals surface area contributed by atoms with Crippen molar-refractivity contribution in [2.45, 2.75) is 19.8 Å². The van der Waals surface area contributed by atoms with E-state index in [0.717, 1.165) is 6.42 Å². The summed E-state index contributed by atoms with van der Waals surface area (Å²) < 4.78 is 21.1. The Labute approximate surface area is 162 Å². The molecule has 0 spiro atoms. The minimum Gasteiger partial charge on any atom is -0.493 e. The molecule has 3 rings (SSSR count). The third-order valence-electron chi connectivity index (χ3n) is 4.53. The second kappa shape index (κ2) is 8.20. The van der Waals surface area contributed by atoms with E-state index in [2.05, 4.69) is 5.16 Å². The molecule has 9 nitrogen and oxygen atoms in total. The van der Waals surface area contributed by atoms with Gasteiger partial charge in [-0.2, -0.15) is 0 Å². The number of methoxy groups -OCH3 is 3. The summed E-state index contributed by atoms with van der Waals surface area (Å²) >= 11 is 0. The van der Waals surface area contributed by atoms with Gasteiger partial charge in [0.2, 0.25) is 11.7 Å². The molecule has 2 amide bonds. The molecule has 0 atom stereocenters. The number of anilines is 1. The van der Waals surface area contributed by atoms with Gasteiger partial charge in [-0.05, 0) is 25.5 Å². The first-order valence-corrected chi connectivity index (χ1v) is 8.81. The number of ether oxygens (including phenoxy) is 3. The second-order valence-corrected chi connectivity index (χ2v) is 6.35. The highest BCUT2D eigenvalue weighted by Crippen LogP contribution is 2.38. The number of hydrogen-bond acceptors (Lipinski definition) is 7. The summed E-state index contributed by atoms with van der Waals surface area (Å²) in [5.41, 5.74) is 0.307. The molecule has 1 aromatic heterocycles. The van der Waals surface area contributed by atoms with Gasteiger partial charge >= 0.3 is 0 Å². The van der Waals surface area contributed by atoms with E-state index in [-0.39, 0.29) is 18.5 Å². The van der Waals surface area contributed by atoms with Crippen molar-refractivity contribution in [3.63, 3.8) is 0 Å². The fourth-order valence-corrected chi connectivity index (χ4v) is 3.11. The van der Waals surface area contributed by atoms with Crippen molar-refractivity contribution in [3.05, 3.63) is 29.5 Å². The van der Waals surface area contributed by atoms with Gasteiger partial charge in [-0.3, -0.25) is 14.5 Å². The van der Waals surface area contributed by atoms with Crippen LogP contribution in [0, 0.1) is 6.92 Å². The van der Waals surface area contributed by atoms with Crippen molar-refractivity contribution in [1.29, 1.82) is 0 Å². The highest BCUT2D eigenvalue weighted by atomic mass is 16.5. The minimum atomic E-state index is -0.368. The van der Waals surface area contributed by atoms with Crippen LogP contribution in [0.2, 0.25) is 0 Å². The van der Waals surface area contributed by atoms with Gasteiger partial charge in [0.25, 0.3) is 5.91 Å². The molecule has 1 aromatic carbocycles. The Morgan fingerprint density at radius 3 is 2.32 bits per heavy atom. The predicted molar refractivity (Wildman–Crippen MR) is 100.0 cm³/mol. The van der Waals surface area contributed by atoms with Gasteiger partial charge in [0.15, 0.2) is 17.3 Å². The van der Waals surface area contributed by atoms with Gasteiger partial charge in [0, 0.05) is 24.6 Å². The molecule has 28 heavy (non-hydrogen) atoms. The van der Waals surface area contributed by atoms with E-state index in [1.54, 1.807) is 30.0 Å². The van der Waals surface area contributed by atoms with Gasteiger partial charge in [0.05, 0.1) is 21.3 Å². The molecule has 9 heteroatoms. The number of nitrogens with zero attached hydrogens (tertiary/aromatic N) is 3. The SMILES string of the molecule is COc1cc(C(=O)N(CN2CCCC2=O)c2cc(C)on2)cc(OC)c1OC. The van der Waals surface area contributed by atoms with Crippen molar-refractivity contribution >= 4 is 17.6 Å². The molecule has 0 aliphatic carbocycles. The number of benzene rings is 1. The highest BCUT2D eigenvalue weighted by molar-refractivity contribution is 6.06. The molecule has 0 N–H and O–H groups in total. The Morgan fingerprint density at radius 1 is 1.18 bits per heavy atom. The minimum absolute atomic E-state index is 0.00269. The smallest absolute Gasteiger partial charge is 0.261 e. The van der Waals surface area contributed by atoms with Crippen LogP contribution in [0.5, 0.6) is 17.2 Å². The van der Waals surface area contributed by atoms with Gasteiger partial charge in [-0.1, -0.05) is 5.16 Å². The lowest BCUT2D eigenvalue weighted by Gasteiger charge is -2.26. The Morgan fingerprint density at radius 2 is 1.86 bits per heavy atom. The first-order valence-electron chi connectivity index (χ1n) is 8.81. The number of carbonyl (C=O) groups is 2. The zero-order chi connectivity index (χ0) is 20.3. The molecule has 150 valence electrons. The van der Waals surface area contributed by atoms with Crippen molar-refractivity contribution in [3.8, 4) is 17.2 Å². The summed E-state index contributed by atoms with van der Waals surface area (Å²) in [6, 6.07) is 4.78. The number of carbonyl (C=O) groups excluding carboxylic acids is 2. The van der Waals surface area contributed by atoms with Crippen molar-refractivity contribution < 1.29 is 28.3 Å². The highest BCUT2D eigenvalue weighted by Gasteiger charge is 2.29. The van der Waals surface area contributed by atoms with Crippen LogP contribution in [0.1, 0.15) is 29.0 Å². The molecule has 1 aliphatic heterocycles. The summed E-state index contributed by atoms with van der Waals surface area (Å²) in [6.45, 7) is 2.41. The Hall–Kier alpha value is -3.23. The van der Waals surface area contributed by atoms with Gasteiger partial charge < -0.3 is 23.6 Å². The predicted octanol–water partition coefficient (Wildman–Crippen LogP) is 2.24. The van der Waals surface area contributed by atoms with E-state index in [0.29, 0.717) is 47.4 Å². The lowest BCUT2D eigenvalue weighted by Crippen LogP contribution is -2.42. The summed E-state index contributed by atoms with van der Waals surface area (Å²) in [5.74, 6) is 1.63. The number of aryl methyl sites for hydroxylation is 1. The Bertz CT molecular complexity index is 853. The zero-order valence-electron chi connectivity index (χ0n) is 16.4. The second-order valence-electron chi connectivity index (χ2n) is 6.35. The average Bonchev–Trinajstić information content (AvgIpc) is 3.32. The Balaban J connectivity index is 2.00. The van der Waals surface area contributed by atoms with Crippen LogP contribution in [0.3, 0.4) is 0 Å². The number of aromatic nitrogens is 1. The maximum atomic E-state index is 13.3. The molecule has 1 fully saturated rings. The van der Waals surface area contributed by atoms with Crippen LogP contribution in [0.25, 0.3) is 0 Å². The summed E-state index contributed by atoms with van der Waals surface area (Å²) in [5, 5.41) is 3.95. The topological polar surface area (TPSA) is 94.3 Å². The van der Waals surface area contributed by atoms with E-state index >= 15 is 0 Å². The van der Waals surface area contributed by atoms with Crippen LogP contribution >= 0.6 is 0 Å². The zero-order valence-corrected chi connectivity index (χ0v) is 16.4. The number of likely N-dealkylation sites (tertiary alicyclic amines) is 1. The van der Waals surface area contributed by atoms with Crippen LogP contribution in [0.15, 0.2) is 22.7 Å². The van der Waals surface area contributed by atoms with E-state index in [9.17, 15) is 9.59 Å². The lowest BCUT2D eigenvalue weighted by atomic mass is 10.1. The lowest BCUT2D eigenvalue weighted by molar-refractivity contribution is -0.127. The first kappa shape index (κ1) is 19.5. The average molecular weight is 389 g/mol. The maximum absolute atomic E-state index is 13.3. The molecular formula is C19H23N3O6. The van der Waals surface area contributed by atoms with Crippen LogP contribution in [-0.4, -0.2) is 56.4 Å². The standard InChI is InChI=1S/C19H23N3O6/c1-12-8-16(20-28-12)22(11-21-7-5-6-17(21)23)19(24)13-9-14(25-2)18(27-4)15(10-13)26-3/h8-10H,5-7,11H2,1-4H3. The van der Waals surface area contributed by atoms with Crippen molar-refractivity contribution in [2.24, 2.45) is 0 Å². The van der Waals surface area contributed by atoms with Crippen LogP contribution in [0.4, 0.5) is 5.82 Å². The summed E-state index contributed by atoms with van der Waals surface area (Å²) in [4.78, 5) is 28.4. The molecule has 2 heterocycles. The molecule has 0 saturated carbocycles. The summed E-state index contributed by atoms with van der Waals surface area (Å²) in [7, 11) is 4.45. The number of hydrogen-bond donors (Lipinski definition) is 0. The Kier molecular flexibility index (Phi) is 5.72. The van der Waals surface area contributed by atoms with Crippen molar-refractivity contribution in [1.82, 2.24) is 10.1 Å². The van der Waals surface area contributed by atoms with Crippen molar-refractivity contribution in [2.75, 3.05) is 39.4 Å². The molecule has 0 bridgehead atoms.